The summed E-state index contributed by atoms with van der Waals surface area (Å²) < 4.78 is 5.29. The van der Waals surface area contributed by atoms with E-state index in [1.165, 1.54) is 0 Å². The lowest BCUT2D eigenvalue weighted by atomic mass is 9.90. The Hall–Kier alpha value is -2.57. The molecular weight excluding hydrogens is 324 g/mol. The van der Waals surface area contributed by atoms with Gasteiger partial charge in [-0.2, -0.15) is 0 Å². The SMILES string of the molecule is O=C(COc1ccccc1)NCC(=O)NC1(C(=O)O)CCCCCC1. The fourth-order valence-corrected chi connectivity index (χ4v) is 2.93. The van der Waals surface area contributed by atoms with Crippen LogP contribution in [-0.4, -0.2) is 41.6 Å². The van der Waals surface area contributed by atoms with Crippen LogP contribution in [0.2, 0.25) is 0 Å². The van der Waals surface area contributed by atoms with Crippen molar-refractivity contribution in [3.8, 4) is 5.75 Å². The summed E-state index contributed by atoms with van der Waals surface area (Å²) in [5, 5.41) is 14.6. The molecule has 136 valence electrons. The fourth-order valence-electron chi connectivity index (χ4n) is 2.93. The van der Waals surface area contributed by atoms with Crippen LogP contribution in [0.5, 0.6) is 5.75 Å². The van der Waals surface area contributed by atoms with E-state index in [9.17, 15) is 19.5 Å². The molecule has 0 heterocycles. The summed E-state index contributed by atoms with van der Waals surface area (Å²) in [4.78, 5) is 35.5. The molecule has 0 unspecified atom stereocenters. The van der Waals surface area contributed by atoms with Gasteiger partial charge in [-0.15, -0.1) is 0 Å². The number of benzene rings is 1. The van der Waals surface area contributed by atoms with Crippen molar-refractivity contribution < 1.29 is 24.2 Å². The van der Waals surface area contributed by atoms with Crippen LogP contribution in [0.25, 0.3) is 0 Å². The number of hydrogen-bond donors (Lipinski definition) is 3. The standard InChI is InChI=1S/C18H24N2O5/c21-15(20-18(17(23)24)10-6-1-2-7-11-18)12-19-16(22)13-25-14-8-4-3-5-9-14/h3-5,8-9H,1-2,6-7,10-13H2,(H,19,22)(H,20,21)(H,23,24). The van der Waals surface area contributed by atoms with Gasteiger partial charge in [-0.1, -0.05) is 43.9 Å². The maximum absolute atomic E-state index is 12.1. The first-order valence-corrected chi connectivity index (χ1v) is 8.51. The van der Waals surface area contributed by atoms with Gasteiger partial charge >= 0.3 is 5.97 Å². The van der Waals surface area contributed by atoms with Gasteiger partial charge in [0.1, 0.15) is 11.3 Å². The smallest absolute Gasteiger partial charge is 0.329 e. The van der Waals surface area contributed by atoms with Gasteiger partial charge in [-0.3, -0.25) is 9.59 Å². The molecule has 1 aliphatic carbocycles. The van der Waals surface area contributed by atoms with E-state index in [4.69, 9.17) is 4.74 Å². The van der Waals surface area contributed by atoms with E-state index in [2.05, 4.69) is 10.6 Å². The number of carbonyl (C=O) groups excluding carboxylic acids is 2. The predicted molar refractivity (Wildman–Crippen MR) is 91.2 cm³/mol. The van der Waals surface area contributed by atoms with Crippen LogP contribution in [0.15, 0.2) is 30.3 Å². The third kappa shape index (κ3) is 5.77. The minimum Gasteiger partial charge on any atom is -0.484 e. The first-order chi connectivity index (χ1) is 12.0. The Morgan fingerprint density at radius 2 is 1.64 bits per heavy atom. The second-order valence-electron chi connectivity index (χ2n) is 6.23. The summed E-state index contributed by atoms with van der Waals surface area (Å²) in [5.41, 5.74) is -1.22. The van der Waals surface area contributed by atoms with Gasteiger partial charge in [0.15, 0.2) is 6.61 Å². The molecule has 0 radical (unpaired) electrons. The average molecular weight is 348 g/mol. The van der Waals surface area contributed by atoms with E-state index in [1.807, 2.05) is 6.07 Å². The Balaban J connectivity index is 1.78. The molecule has 7 heteroatoms. The first-order valence-electron chi connectivity index (χ1n) is 8.51. The van der Waals surface area contributed by atoms with Crippen LogP contribution in [0.1, 0.15) is 38.5 Å². The summed E-state index contributed by atoms with van der Waals surface area (Å²) in [5.74, 6) is -1.39. The number of ether oxygens (including phenoxy) is 1. The number of amides is 2. The van der Waals surface area contributed by atoms with E-state index in [0.29, 0.717) is 18.6 Å². The van der Waals surface area contributed by atoms with Gasteiger partial charge in [0, 0.05) is 0 Å². The second-order valence-corrected chi connectivity index (χ2v) is 6.23. The first kappa shape index (κ1) is 18.8. The third-order valence-electron chi connectivity index (χ3n) is 4.30. The number of carboxylic acid groups (broad SMARTS) is 1. The maximum Gasteiger partial charge on any atom is 0.329 e. The lowest BCUT2D eigenvalue weighted by Crippen LogP contribution is -2.56. The number of para-hydroxylation sites is 1. The molecule has 0 bridgehead atoms. The molecule has 1 aromatic carbocycles. The molecule has 1 aliphatic rings. The van der Waals surface area contributed by atoms with Crippen LogP contribution < -0.4 is 15.4 Å². The highest BCUT2D eigenvalue weighted by Gasteiger charge is 2.39. The minimum atomic E-state index is -1.22. The Kier molecular flexibility index (Phi) is 6.80. The van der Waals surface area contributed by atoms with Crippen molar-refractivity contribution in [2.75, 3.05) is 13.2 Å². The molecule has 2 amide bonds. The molecule has 0 atom stereocenters. The summed E-state index contributed by atoms with van der Waals surface area (Å²) in [6.45, 7) is -0.479. The molecular formula is C18H24N2O5. The van der Waals surface area contributed by atoms with Gasteiger partial charge in [0.25, 0.3) is 5.91 Å². The summed E-state index contributed by atoms with van der Waals surface area (Å²) in [6, 6.07) is 8.87. The van der Waals surface area contributed by atoms with Crippen LogP contribution in [0.4, 0.5) is 0 Å². The number of carboxylic acids is 1. The summed E-state index contributed by atoms with van der Waals surface area (Å²) in [6.07, 6.45) is 4.31. The zero-order chi connectivity index (χ0) is 18.1. The van der Waals surface area contributed by atoms with Crippen molar-refractivity contribution in [3.05, 3.63) is 30.3 Å². The van der Waals surface area contributed by atoms with E-state index in [-0.39, 0.29) is 13.2 Å². The van der Waals surface area contributed by atoms with Gasteiger partial charge in [0.2, 0.25) is 5.91 Å². The molecule has 1 fully saturated rings. The monoisotopic (exact) mass is 348 g/mol. The molecule has 7 nitrogen and oxygen atoms in total. The Bertz CT molecular complexity index is 595. The highest BCUT2D eigenvalue weighted by Crippen LogP contribution is 2.27. The molecule has 3 N–H and O–H groups in total. The Morgan fingerprint density at radius 3 is 2.24 bits per heavy atom. The Labute approximate surface area is 146 Å². The molecule has 0 aromatic heterocycles. The largest absolute Gasteiger partial charge is 0.484 e. The van der Waals surface area contributed by atoms with Crippen molar-refractivity contribution in [1.29, 1.82) is 0 Å². The second kappa shape index (κ2) is 9.05. The number of aliphatic carboxylic acids is 1. The Morgan fingerprint density at radius 1 is 1.00 bits per heavy atom. The van der Waals surface area contributed by atoms with E-state index in [1.54, 1.807) is 24.3 Å². The van der Waals surface area contributed by atoms with Crippen LogP contribution in [0, 0.1) is 0 Å². The molecule has 2 rings (SSSR count). The molecule has 0 aliphatic heterocycles. The lowest BCUT2D eigenvalue weighted by molar-refractivity contribution is -0.148. The van der Waals surface area contributed by atoms with Gasteiger partial charge in [0.05, 0.1) is 6.54 Å². The quantitative estimate of drug-likeness (QED) is 0.647. The molecule has 1 aromatic rings. The molecule has 0 spiro atoms. The minimum absolute atomic E-state index is 0.207. The van der Waals surface area contributed by atoms with Crippen molar-refractivity contribution in [3.63, 3.8) is 0 Å². The maximum atomic E-state index is 12.1. The highest BCUT2D eigenvalue weighted by molar-refractivity contribution is 5.90. The summed E-state index contributed by atoms with van der Waals surface area (Å²) >= 11 is 0. The topological polar surface area (TPSA) is 105 Å². The van der Waals surface area contributed by atoms with Crippen molar-refractivity contribution in [2.45, 2.75) is 44.1 Å². The normalized spacial score (nSPS) is 16.3. The third-order valence-corrected chi connectivity index (χ3v) is 4.30. The van der Waals surface area contributed by atoms with Crippen LogP contribution in [-0.2, 0) is 14.4 Å². The average Bonchev–Trinajstić information content (AvgIpc) is 2.85. The lowest BCUT2D eigenvalue weighted by Gasteiger charge is -2.29. The molecule has 25 heavy (non-hydrogen) atoms. The fraction of sp³-hybridized carbons (Fsp3) is 0.500. The van der Waals surface area contributed by atoms with Gasteiger partial charge in [-0.25, -0.2) is 4.79 Å². The van der Waals surface area contributed by atoms with Gasteiger partial charge in [-0.05, 0) is 25.0 Å². The molecule has 0 saturated heterocycles. The molecule has 1 saturated carbocycles. The summed E-state index contributed by atoms with van der Waals surface area (Å²) in [7, 11) is 0. The van der Waals surface area contributed by atoms with Crippen LogP contribution in [0.3, 0.4) is 0 Å². The van der Waals surface area contributed by atoms with Crippen molar-refractivity contribution in [1.82, 2.24) is 10.6 Å². The number of nitrogens with one attached hydrogen (secondary N) is 2. The zero-order valence-electron chi connectivity index (χ0n) is 14.1. The van der Waals surface area contributed by atoms with E-state index >= 15 is 0 Å². The van der Waals surface area contributed by atoms with E-state index in [0.717, 1.165) is 25.7 Å². The van der Waals surface area contributed by atoms with Crippen molar-refractivity contribution >= 4 is 17.8 Å². The van der Waals surface area contributed by atoms with Crippen molar-refractivity contribution in [2.24, 2.45) is 0 Å². The van der Waals surface area contributed by atoms with Gasteiger partial charge < -0.3 is 20.5 Å². The van der Waals surface area contributed by atoms with E-state index < -0.39 is 23.3 Å². The van der Waals surface area contributed by atoms with Crippen LogP contribution >= 0.6 is 0 Å². The number of hydrogen-bond acceptors (Lipinski definition) is 4. The number of rotatable bonds is 7. The zero-order valence-corrected chi connectivity index (χ0v) is 14.1. The predicted octanol–water partition coefficient (Wildman–Crippen LogP) is 1.48. The highest BCUT2D eigenvalue weighted by atomic mass is 16.5. The number of carbonyl (C=O) groups is 3.